The average Bonchev–Trinajstić information content (AvgIpc) is 3.11. The first-order valence-corrected chi connectivity index (χ1v) is 9.45. The second-order valence-electron chi connectivity index (χ2n) is 6.76. The van der Waals surface area contributed by atoms with Crippen LogP contribution in [0.2, 0.25) is 5.02 Å². The predicted octanol–water partition coefficient (Wildman–Crippen LogP) is 4.17. The Morgan fingerprint density at radius 2 is 2.00 bits per heavy atom. The van der Waals surface area contributed by atoms with Crippen LogP contribution in [0.4, 0.5) is 5.69 Å². The summed E-state index contributed by atoms with van der Waals surface area (Å²) < 4.78 is 0. The van der Waals surface area contributed by atoms with E-state index in [1.54, 1.807) is 6.33 Å². The van der Waals surface area contributed by atoms with Crippen LogP contribution in [0.5, 0.6) is 0 Å². The molecule has 2 heterocycles. The number of H-pyrrole nitrogens is 1. The quantitative estimate of drug-likeness (QED) is 0.712. The van der Waals surface area contributed by atoms with Crippen LogP contribution in [0, 0.1) is 0 Å². The Hall–Kier alpha value is -2.30. The molecule has 0 fully saturated rings. The smallest absolute Gasteiger partial charge is 0.0922 e. The number of hydrogen-bond acceptors (Lipinski definition) is 3. The lowest BCUT2D eigenvalue weighted by atomic mass is 10.0. The lowest BCUT2D eigenvalue weighted by Crippen LogP contribution is -2.40. The highest BCUT2D eigenvalue weighted by Gasteiger charge is 2.26. The summed E-state index contributed by atoms with van der Waals surface area (Å²) in [6, 6.07) is 17.2. The van der Waals surface area contributed by atoms with Crippen molar-refractivity contribution in [3.05, 3.63) is 82.9 Å². The average molecular weight is 367 g/mol. The summed E-state index contributed by atoms with van der Waals surface area (Å²) in [5.74, 6) is 0. The highest BCUT2D eigenvalue weighted by atomic mass is 35.5. The second kappa shape index (κ2) is 7.94. The third-order valence-electron chi connectivity index (χ3n) is 5.00. The normalized spacial score (nSPS) is 17.0. The minimum absolute atomic E-state index is 0.361. The van der Waals surface area contributed by atoms with E-state index in [2.05, 4.69) is 56.6 Å². The number of benzene rings is 2. The molecule has 1 unspecified atom stereocenters. The molecule has 4 rings (SSSR count). The standard InChI is InChI=1S/C21H23ClN4/c22-20-8-4-7-17-11-23-13-19(10-9-16-5-2-1-3-6-16)26(21(17)20)14-18-12-24-15-25-18/h1-8,12,15,19,23H,9-11,13-14H2,(H,24,25). The first-order chi connectivity index (χ1) is 12.8. The maximum Gasteiger partial charge on any atom is 0.0922 e. The van der Waals surface area contributed by atoms with Crippen molar-refractivity contribution in [2.45, 2.75) is 32.0 Å². The molecule has 0 aliphatic carbocycles. The molecule has 0 radical (unpaired) electrons. The van der Waals surface area contributed by atoms with E-state index in [0.717, 1.165) is 48.9 Å². The number of aromatic nitrogens is 2. The van der Waals surface area contributed by atoms with Crippen molar-refractivity contribution in [3.63, 3.8) is 0 Å². The van der Waals surface area contributed by atoms with Gasteiger partial charge >= 0.3 is 0 Å². The number of aryl methyl sites for hydroxylation is 1. The lowest BCUT2D eigenvalue weighted by Gasteiger charge is -2.33. The van der Waals surface area contributed by atoms with Crippen molar-refractivity contribution in [1.82, 2.24) is 15.3 Å². The van der Waals surface area contributed by atoms with Gasteiger partial charge in [0, 0.05) is 25.3 Å². The van der Waals surface area contributed by atoms with Gasteiger partial charge in [0.2, 0.25) is 0 Å². The Morgan fingerprint density at radius 1 is 1.12 bits per heavy atom. The summed E-state index contributed by atoms with van der Waals surface area (Å²) in [7, 11) is 0. The Morgan fingerprint density at radius 3 is 2.81 bits per heavy atom. The van der Waals surface area contributed by atoms with Gasteiger partial charge in [0.15, 0.2) is 0 Å². The van der Waals surface area contributed by atoms with Crippen LogP contribution in [0.1, 0.15) is 23.2 Å². The first-order valence-electron chi connectivity index (χ1n) is 9.07. The molecular formula is C21H23ClN4. The number of hydrogen-bond donors (Lipinski definition) is 2. The maximum absolute atomic E-state index is 6.64. The molecule has 134 valence electrons. The summed E-state index contributed by atoms with van der Waals surface area (Å²) in [5.41, 5.74) is 4.87. The molecule has 0 spiro atoms. The van der Waals surface area contributed by atoms with Crippen molar-refractivity contribution in [2.75, 3.05) is 11.4 Å². The minimum atomic E-state index is 0.361. The fourth-order valence-corrected chi connectivity index (χ4v) is 3.99. The Balaban J connectivity index is 1.63. The summed E-state index contributed by atoms with van der Waals surface area (Å²) >= 11 is 6.64. The van der Waals surface area contributed by atoms with Gasteiger partial charge in [0.05, 0.1) is 29.3 Å². The van der Waals surface area contributed by atoms with Gasteiger partial charge in [-0.15, -0.1) is 0 Å². The number of nitrogens with zero attached hydrogens (tertiary/aromatic N) is 2. The zero-order valence-electron chi connectivity index (χ0n) is 14.7. The number of imidazole rings is 1. The molecule has 4 nitrogen and oxygen atoms in total. The van der Waals surface area contributed by atoms with Gasteiger partial charge in [-0.3, -0.25) is 0 Å². The molecule has 1 aliphatic heterocycles. The van der Waals surface area contributed by atoms with Crippen molar-refractivity contribution in [2.24, 2.45) is 0 Å². The summed E-state index contributed by atoms with van der Waals surface area (Å²) in [6.45, 7) is 2.56. The van der Waals surface area contributed by atoms with Crippen LogP contribution in [-0.2, 0) is 19.5 Å². The molecule has 26 heavy (non-hydrogen) atoms. The first kappa shape index (κ1) is 17.1. The van der Waals surface area contributed by atoms with E-state index in [1.165, 1.54) is 11.1 Å². The fourth-order valence-electron chi connectivity index (χ4n) is 3.69. The van der Waals surface area contributed by atoms with E-state index >= 15 is 0 Å². The van der Waals surface area contributed by atoms with Crippen LogP contribution in [0.15, 0.2) is 61.1 Å². The fraction of sp³-hybridized carbons (Fsp3) is 0.286. The number of anilines is 1. The SMILES string of the molecule is Clc1cccc2c1N(Cc1cnc[nH]1)C(CCc1ccccc1)CNC2. The Labute approximate surface area is 159 Å². The number of aromatic amines is 1. The topological polar surface area (TPSA) is 44.0 Å². The van der Waals surface area contributed by atoms with Crippen LogP contribution in [-0.4, -0.2) is 22.6 Å². The molecule has 0 bridgehead atoms. The van der Waals surface area contributed by atoms with Crippen molar-refractivity contribution >= 4 is 17.3 Å². The largest absolute Gasteiger partial charge is 0.360 e. The maximum atomic E-state index is 6.64. The number of halogens is 1. The van der Waals surface area contributed by atoms with Gasteiger partial charge in [-0.1, -0.05) is 54.1 Å². The van der Waals surface area contributed by atoms with Crippen LogP contribution in [0.25, 0.3) is 0 Å². The molecule has 0 saturated carbocycles. The van der Waals surface area contributed by atoms with E-state index in [9.17, 15) is 0 Å². The molecule has 2 aromatic carbocycles. The predicted molar refractivity (Wildman–Crippen MR) is 106 cm³/mol. The molecule has 0 amide bonds. The van der Waals surface area contributed by atoms with Gasteiger partial charge in [-0.05, 0) is 30.0 Å². The third-order valence-corrected chi connectivity index (χ3v) is 5.30. The van der Waals surface area contributed by atoms with Crippen molar-refractivity contribution in [3.8, 4) is 0 Å². The number of para-hydroxylation sites is 1. The number of nitrogens with one attached hydrogen (secondary N) is 2. The van der Waals surface area contributed by atoms with Crippen LogP contribution >= 0.6 is 11.6 Å². The van der Waals surface area contributed by atoms with Gasteiger partial charge in [-0.2, -0.15) is 0 Å². The third kappa shape index (κ3) is 3.76. The monoisotopic (exact) mass is 366 g/mol. The van der Waals surface area contributed by atoms with Gasteiger partial charge in [0.1, 0.15) is 0 Å². The lowest BCUT2D eigenvalue weighted by molar-refractivity contribution is 0.514. The van der Waals surface area contributed by atoms with Crippen molar-refractivity contribution in [1.29, 1.82) is 0 Å². The number of rotatable bonds is 5. The zero-order valence-corrected chi connectivity index (χ0v) is 15.4. The molecule has 2 N–H and O–H groups in total. The van der Waals surface area contributed by atoms with Crippen molar-refractivity contribution < 1.29 is 0 Å². The van der Waals surface area contributed by atoms with Gasteiger partial charge in [0.25, 0.3) is 0 Å². The van der Waals surface area contributed by atoms with Gasteiger partial charge < -0.3 is 15.2 Å². The minimum Gasteiger partial charge on any atom is -0.360 e. The summed E-state index contributed by atoms with van der Waals surface area (Å²) in [6.07, 6.45) is 5.74. The molecule has 0 saturated heterocycles. The molecule has 5 heteroatoms. The summed E-state index contributed by atoms with van der Waals surface area (Å²) in [5, 5.41) is 4.42. The van der Waals surface area contributed by atoms with Crippen LogP contribution in [0.3, 0.4) is 0 Å². The van der Waals surface area contributed by atoms with E-state index in [0.29, 0.717) is 6.04 Å². The van der Waals surface area contributed by atoms with E-state index in [1.807, 2.05) is 18.3 Å². The van der Waals surface area contributed by atoms with Gasteiger partial charge in [-0.25, -0.2) is 4.98 Å². The Bertz CT molecular complexity index is 832. The second-order valence-corrected chi connectivity index (χ2v) is 7.17. The van der Waals surface area contributed by atoms with Crippen LogP contribution < -0.4 is 10.2 Å². The zero-order chi connectivity index (χ0) is 17.8. The molecule has 1 atom stereocenters. The molecular weight excluding hydrogens is 344 g/mol. The van der Waals surface area contributed by atoms with E-state index in [-0.39, 0.29) is 0 Å². The molecule has 1 aliphatic rings. The molecule has 1 aromatic heterocycles. The Kier molecular flexibility index (Phi) is 5.23. The van der Waals surface area contributed by atoms with E-state index < -0.39 is 0 Å². The molecule has 3 aromatic rings. The number of fused-ring (bicyclic) bond motifs is 1. The van der Waals surface area contributed by atoms with E-state index in [4.69, 9.17) is 11.6 Å². The highest BCUT2D eigenvalue weighted by molar-refractivity contribution is 6.33. The highest BCUT2D eigenvalue weighted by Crippen LogP contribution is 2.34. The summed E-state index contributed by atoms with van der Waals surface area (Å²) in [4.78, 5) is 9.85.